The Kier molecular flexibility index (Phi) is 5.75. The van der Waals surface area contributed by atoms with Crippen LogP contribution in [0.3, 0.4) is 0 Å². The highest BCUT2D eigenvalue weighted by atomic mass is 16.7. The predicted molar refractivity (Wildman–Crippen MR) is 162 cm³/mol. The minimum Gasteiger partial charge on any atom is -0.472 e. The van der Waals surface area contributed by atoms with E-state index in [1.54, 1.807) is 12.5 Å². The fourth-order valence-electron chi connectivity index (χ4n) is 13.9. The van der Waals surface area contributed by atoms with Crippen LogP contribution < -0.4 is 0 Å². The number of epoxide rings is 1. The van der Waals surface area contributed by atoms with Gasteiger partial charge in [0.25, 0.3) is 0 Å². The van der Waals surface area contributed by atoms with Crippen molar-refractivity contribution in [3.8, 4) is 0 Å². The molecule has 1 N–H and O–H groups in total. The summed E-state index contributed by atoms with van der Waals surface area (Å²) in [5, 5.41) is 12.5. The smallest absolute Gasteiger partial charge is 0.339 e. The lowest BCUT2D eigenvalue weighted by Gasteiger charge is -2.68. The minimum absolute atomic E-state index is 0.00489. The highest BCUT2D eigenvalue weighted by molar-refractivity contribution is 5.92. The molecule has 1 aromatic rings. The van der Waals surface area contributed by atoms with Gasteiger partial charge in [-0.05, 0) is 81.1 Å². The number of carbonyl (C=O) groups is 3. The van der Waals surface area contributed by atoms with Gasteiger partial charge in [0.2, 0.25) is 0 Å². The van der Waals surface area contributed by atoms with Crippen LogP contribution in [-0.4, -0.2) is 58.9 Å². The molecule has 9 heteroatoms. The number of furan rings is 1. The topological polar surface area (TPSA) is 125 Å². The zero-order valence-corrected chi connectivity index (χ0v) is 27.9. The van der Waals surface area contributed by atoms with Gasteiger partial charge in [-0.15, -0.1) is 0 Å². The molecule has 0 amide bonds. The van der Waals surface area contributed by atoms with Crippen LogP contribution in [0.25, 0.3) is 0 Å². The van der Waals surface area contributed by atoms with Crippen LogP contribution >= 0.6 is 0 Å². The van der Waals surface area contributed by atoms with E-state index < -0.39 is 69.7 Å². The number of rotatable bonds is 4. The Morgan fingerprint density at radius 1 is 1.00 bits per heavy atom. The standard InChI is InChI=1S/C37H48O9/c1-18(2)7-8-19-9-11-35(13-19)15-21-14-33(5)27(20-10-12-42-16-20)44-31(41)29-37(33,46-29)34(6)24(21)36-17-43-30(40)22(35)28(36)45-32(3,4)25(36)23(38)26(34)39/h10,12,16,18-19,21-22,24-29,39H,7-9,11,13-15,17H2,1-6H3. The molecule has 4 saturated carbocycles. The largest absolute Gasteiger partial charge is 0.472 e. The number of fused-ring (bicyclic) bond motifs is 1. The Hall–Kier alpha value is -2.23. The molecular formula is C37H48O9. The number of aliphatic hydroxyl groups is 1. The summed E-state index contributed by atoms with van der Waals surface area (Å²) in [6.07, 6.45) is 6.37. The highest BCUT2D eigenvalue weighted by Gasteiger charge is 2.93. The van der Waals surface area contributed by atoms with Crippen molar-refractivity contribution in [2.24, 2.45) is 57.2 Å². The van der Waals surface area contributed by atoms with Gasteiger partial charge in [-0.2, -0.15) is 0 Å². The molecular weight excluding hydrogens is 588 g/mol. The second kappa shape index (κ2) is 8.86. The second-order valence-electron chi connectivity index (χ2n) is 18.0. The third kappa shape index (κ3) is 3.14. The average Bonchev–Trinajstić information content (AvgIpc) is 3.25. The summed E-state index contributed by atoms with van der Waals surface area (Å²) in [5.74, 6) is -1.25. The summed E-state index contributed by atoms with van der Waals surface area (Å²) in [6.45, 7) is 12.6. The van der Waals surface area contributed by atoms with E-state index in [0.717, 1.165) is 44.1 Å². The first-order chi connectivity index (χ1) is 21.7. The van der Waals surface area contributed by atoms with Gasteiger partial charge in [0.1, 0.15) is 24.4 Å². The molecule has 5 heterocycles. The monoisotopic (exact) mass is 636 g/mol. The van der Waals surface area contributed by atoms with E-state index in [0.29, 0.717) is 18.3 Å². The fraction of sp³-hybridized carbons (Fsp3) is 0.811. The molecule has 1 aromatic heterocycles. The quantitative estimate of drug-likeness (QED) is 0.351. The van der Waals surface area contributed by atoms with Gasteiger partial charge in [0, 0.05) is 21.8 Å². The fourth-order valence-corrected chi connectivity index (χ4v) is 13.9. The van der Waals surface area contributed by atoms with Crippen LogP contribution in [0.5, 0.6) is 0 Å². The lowest BCUT2D eigenvalue weighted by molar-refractivity contribution is -0.266. The molecule has 250 valence electrons. The molecule has 9 rings (SSSR count). The molecule has 4 aliphatic heterocycles. The van der Waals surface area contributed by atoms with Crippen LogP contribution in [0, 0.1) is 57.2 Å². The maximum atomic E-state index is 14.8. The summed E-state index contributed by atoms with van der Waals surface area (Å²) in [5.41, 5.74) is -4.40. The van der Waals surface area contributed by atoms with Crippen LogP contribution in [0.4, 0.5) is 0 Å². The Labute approximate surface area is 270 Å². The maximum Gasteiger partial charge on any atom is 0.339 e. The zero-order chi connectivity index (χ0) is 32.4. The molecule has 8 aliphatic rings. The maximum absolute atomic E-state index is 14.8. The molecule has 9 nitrogen and oxygen atoms in total. The van der Waals surface area contributed by atoms with E-state index in [2.05, 4.69) is 20.8 Å². The molecule has 0 aromatic carbocycles. The molecule has 2 bridgehead atoms. The molecule has 46 heavy (non-hydrogen) atoms. The van der Waals surface area contributed by atoms with Gasteiger partial charge in [-0.1, -0.05) is 40.5 Å². The number of cyclic esters (lactones) is 2. The van der Waals surface area contributed by atoms with Gasteiger partial charge in [0.15, 0.2) is 11.9 Å². The molecule has 0 radical (unpaired) electrons. The first-order valence-corrected chi connectivity index (χ1v) is 17.6. The van der Waals surface area contributed by atoms with E-state index in [9.17, 15) is 19.5 Å². The van der Waals surface area contributed by atoms with Crippen molar-refractivity contribution in [2.75, 3.05) is 6.61 Å². The Morgan fingerprint density at radius 3 is 2.50 bits per heavy atom. The SMILES string of the molecule is CC(C)CCC1CCC2(C1)CC1CC3(C)C(c4ccoc4)OC(=O)C4OC43C3(C)C(O)C(=O)C4C(C)(C)OC5C2C(=O)OCC54C13. The predicted octanol–water partition coefficient (Wildman–Crippen LogP) is 5.19. The first kappa shape index (κ1) is 29.9. The number of hydrogen-bond acceptors (Lipinski definition) is 9. The normalized spacial score (nSPS) is 54.1. The van der Waals surface area contributed by atoms with Crippen LogP contribution in [0.2, 0.25) is 0 Å². The summed E-state index contributed by atoms with van der Waals surface area (Å²) < 4.78 is 31.7. The molecule has 4 saturated heterocycles. The van der Waals surface area contributed by atoms with E-state index in [4.69, 9.17) is 23.4 Å². The van der Waals surface area contributed by atoms with Crippen molar-refractivity contribution in [1.29, 1.82) is 0 Å². The third-order valence-corrected chi connectivity index (χ3v) is 15.1. The highest BCUT2D eigenvalue weighted by Crippen LogP contribution is 2.83. The number of aliphatic hydroxyl groups excluding tert-OH is 1. The van der Waals surface area contributed by atoms with Gasteiger partial charge in [-0.3, -0.25) is 9.59 Å². The van der Waals surface area contributed by atoms with Gasteiger partial charge in [-0.25, -0.2) is 4.79 Å². The van der Waals surface area contributed by atoms with Crippen LogP contribution in [-0.2, 0) is 33.3 Å². The van der Waals surface area contributed by atoms with Crippen molar-refractivity contribution in [3.63, 3.8) is 0 Å². The van der Waals surface area contributed by atoms with Gasteiger partial charge in [0.05, 0.1) is 36.1 Å². The molecule has 8 fully saturated rings. The van der Waals surface area contributed by atoms with Gasteiger partial charge >= 0.3 is 11.9 Å². The van der Waals surface area contributed by atoms with Crippen molar-refractivity contribution in [3.05, 3.63) is 24.2 Å². The third-order valence-electron chi connectivity index (χ3n) is 15.1. The molecule has 14 unspecified atom stereocenters. The van der Waals surface area contributed by atoms with E-state index in [1.807, 2.05) is 26.8 Å². The van der Waals surface area contributed by atoms with Gasteiger partial charge < -0.3 is 28.5 Å². The van der Waals surface area contributed by atoms with Crippen LogP contribution in [0.1, 0.15) is 98.2 Å². The van der Waals surface area contributed by atoms with E-state index in [-0.39, 0.29) is 35.6 Å². The van der Waals surface area contributed by atoms with Crippen molar-refractivity contribution >= 4 is 17.7 Å². The lowest BCUT2D eigenvalue weighted by atomic mass is 9.34. The summed E-state index contributed by atoms with van der Waals surface area (Å²) in [6, 6.07) is 1.83. The number of esters is 2. The number of Topliss-reactive ketones (excluding diaryl/α,β-unsaturated/α-hetero) is 1. The first-order valence-electron chi connectivity index (χ1n) is 17.6. The Balaban J connectivity index is 1.27. The van der Waals surface area contributed by atoms with Crippen LogP contribution in [0.15, 0.2) is 23.0 Å². The van der Waals surface area contributed by atoms with Crippen molar-refractivity contribution in [2.45, 2.75) is 122 Å². The van der Waals surface area contributed by atoms with E-state index >= 15 is 0 Å². The lowest BCUT2D eigenvalue weighted by Crippen LogP contribution is -2.77. The second-order valence-corrected chi connectivity index (χ2v) is 18.0. The van der Waals surface area contributed by atoms with E-state index in [1.165, 1.54) is 0 Å². The number of ketones is 1. The molecule has 4 aliphatic carbocycles. The number of carbonyl (C=O) groups excluding carboxylic acids is 3. The number of hydrogen-bond donors (Lipinski definition) is 1. The summed E-state index contributed by atoms with van der Waals surface area (Å²) >= 11 is 0. The minimum atomic E-state index is -1.38. The Bertz CT molecular complexity index is 1520. The zero-order valence-electron chi connectivity index (χ0n) is 27.9. The van der Waals surface area contributed by atoms with Crippen molar-refractivity contribution < 1.29 is 42.9 Å². The van der Waals surface area contributed by atoms with Crippen molar-refractivity contribution in [1.82, 2.24) is 0 Å². The molecule has 14 atom stereocenters. The molecule has 3 spiro atoms. The summed E-state index contributed by atoms with van der Waals surface area (Å²) in [7, 11) is 0. The summed E-state index contributed by atoms with van der Waals surface area (Å²) in [4.78, 5) is 42.7. The average molecular weight is 637 g/mol. The number of ether oxygens (including phenoxy) is 4. The Morgan fingerprint density at radius 2 is 1.78 bits per heavy atom.